The third-order valence-corrected chi connectivity index (χ3v) is 6.55. The molecule has 4 rings (SSSR count). The van der Waals surface area contributed by atoms with E-state index in [-0.39, 0.29) is 17.9 Å². The lowest BCUT2D eigenvalue weighted by Gasteiger charge is -2.42. The monoisotopic (exact) mass is 452 g/mol. The van der Waals surface area contributed by atoms with Gasteiger partial charge in [-0.25, -0.2) is 4.79 Å². The van der Waals surface area contributed by atoms with Gasteiger partial charge in [0.15, 0.2) is 0 Å². The summed E-state index contributed by atoms with van der Waals surface area (Å²) in [7, 11) is 0. The molecule has 3 amide bonds. The Morgan fingerprint density at radius 2 is 1.88 bits per heavy atom. The summed E-state index contributed by atoms with van der Waals surface area (Å²) in [6.45, 7) is 8.29. The van der Waals surface area contributed by atoms with Crippen LogP contribution in [-0.2, 0) is 20.9 Å². The Morgan fingerprint density at radius 3 is 2.55 bits per heavy atom. The zero-order valence-electron chi connectivity index (χ0n) is 19.5. The third-order valence-electron chi connectivity index (χ3n) is 6.55. The van der Waals surface area contributed by atoms with E-state index < -0.39 is 35.6 Å². The van der Waals surface area contributed by atoms with Crippen LogP contribution in [-0.4, -0.2) is 53.1 Å². The molecule has 0 radical (unpaired) electrons. The Balaban J connectivity index is 1.58. The van der Waals surface area contributed by atoms with Crippen molar-refractivity contribution in [3.63, 3.8) is 0 Å². The van der Waals surface area contributed by atoms with Gasteiger partial charge < -0.3 is 21.1 Å². The Labute approximate surface area is 193 Å². The first-order valence-corrected chi connectivity index (χ1v) is 11.3. The van der Waals surface area contributed by atoms with E-state index in [0.717, 1.165) is 16.3 Å². The third kappa shape index (κ3) is 4.80. The van der Waals surface area contributed by atoms with Gasteiger partial charge in [-0.05, 0) is 43.2 Å². The van der Waals surface area contributed by atoms with Crippen molar-refractivity contribution in [3.05, 3.63) is 48.0 Å². The fraction of sp³-hybridized carbons (Fsp3) is 0.480. The molecular weight excluding hydrogens is 420 g/mol. The lowest BCUT2D eigenvalue weighted by molar-refractivity contribution is -0.130. The molecule has 0 aromatic heterocycles. The molecule has 8 nitrogen and oxygen atoms in total. The number of fused-ring (bicyclic) bond motifs is 2. The number of alkyl carbamates (subject to hydrolysis) is 1. The van der Waals surface area contributed by atoms with Gasteiger partial charge in [-0.15, -0.1) is 0 Å². The highest BCUT2D eigenvalue weighted by molar-refractivity contribution is 5.89. The van der Waals surface area contributed by atoms with Crippen LogP contribution in [0.3, 0.4) is 0 Å². The number of ether oxygens (including phenoxy) is 1. The molecule has 2 aromatic carbocycles. The molecule has 2 heterocycles. The van der Waals surface area contributed by atoms with Crippen molar-refractivity contribution < 1.29 is 19.1 Å². The van der Waals surface area contributed by atoms with Crippen molar-refractivity contribution in [1.29, 1.82) is 0 Å². The highest BCUT2D eigenvalue weighted by Crippen LogP contribution is 2.35. The average Bonchev–Trinajstić information content (AvgIpc) is 3.08. The van der Waals surface area contributed by atoms with Gasteiger partial charge >= 0.3 is 6.09 Å². The van der Waals surface area contributed by atoms with Gasteiger partial charge in [-0.1, -0.05) is 43.3 Å². The number of nitrogens with zero attached hydrogens (tertiary/aromatic N) is 1. The van der Waals surface area contributed by atoms with E-state index in [1.54, 1.807) is 20.8 Å². The largest absolute Gasteiger partial charge is 0.444 e. The number of nitrogens with two attached hydrogens (primary N) is 1. The standard InChI is InChI=1S/C25H32N4O4/c1-14-19(28-24(32)33-25(2,3)4)23(31)27-20-18(22(26)30)13-29(21(14)20)12-15-9-10-16-7-5-6-8-17(16)11-15/h5-11,14,18-21H,12-13H2,1-4H3,(H2,26,30)(H,27,31)(H,28,32)/t14?,18-,19+,20-,21?/m1/s1. The van der Waals surface area contributed by atoms with E-state index in [4.69, 9.17) is 10.5 Å². The van der Waals surface area contributed by atoms with Crippen molar-refractivity contribution in [2.24, 2.45) is 17.6 Å². The van der Waals surface area contributed by atoms with Crippen molar-refractivity contribution in [3.8, 4) is 0 Å². The number of benzene rings is 2. The predicted octanol–water partition coefficient (Wildman–Crippen LogP) is 2.15. The number of hydrogen-bond donors (Lipinski definition) is 3. The maximum atomic E-state index is 12.9. The summed E-state index contributed by atoms with van der Waals surface area (Å²) >= 11 is 0. The number of rotatable bonds is 4. The highest BCUT2D eigenvalue weighted by atomic mass is 16.6. The van der Waals surface area contributed by atoms with Crippen molar-refractivity contribution >= 4 is 28.7 Å². The second-order valence-electron chi connectivity index (χ2n) is 10.1. The normalized spacial score (nSPS) is 27.6. The van der Waals surface area contributed by atoms with Crippen molar-refractivity contribution in [2.45, 2.75) is 58.0 Å². The lowest BCUT2D eigenvalue weighted by Crippen LogP contribution is -2.66. The van der Waals surface area contributed by atoms with Gasteiger partial charge in [0.2, 0.25) is 11.8 Å². The maximum Gasteiger partial charge on any atom is 0.408 e. The summed E-state index contributed by atoms with van der Waals surface area (Å²) in [5, 5.41) is 7.98. The molecule has 0 bridgehead atoms. The minimum absolute atomic E-state index is 0.161. The fourth-order valence-electron chi connectivity index (χ4n) is 5.13. The Hall–Kier alpha value is -3.13. The fourth-order valence-corrected chi connectivity index (χ4v) is 5.13. The van der Waals surface area contributed by atoms with Crippen LogP contribution in [0.4, 0.5) is 4.79 Å². The van der Waals surface area contributed by atoms with Crippen molar-refractivity contribution in [2.75, 3.05) is 6.54 Å². The number of likely N-dealkylation sites (tertiary alicyclic amines) is 1. The quantitative estimate of drug-likeness (QED) is 0.658. The molecule has 4 N–H and O–H groups in total. The van der Waals surface area contributed by atoms with Crippen LogP contribution in [0.1, 0.15) is 33.3 Å². The number of amides is 3. The first-order chi connectivity index (χ1) is 15.5. The second kappa shape index (κ2) is 8.67. The minimum Gasteiger partial charge on any atom is -0.444 e. The zero-order valence-corrected chi connectivity index (χ0v) is 19.5. The summed E-state index contributed by atoms with van der Waals surface area (Å²) in [6.07, 6.45) is -0.640. The van der Waals surface area contributed by atoms with E-state index in [9.17, 15) is 14.4 Å². The molecule has 0 spiro atoms. The molecule has 2 fully saturated rings. The number of primary amides is 1. The summed E-state index contributed by atoms with van der Waals surface area (Å²) in [4.78, 5) is 39.7. The Kier molecular flexibility index (Phi) is 6.05. The summed E-state index contributed by atoms with van der Waals surface area (Å²) in [5.41, 5.74) is 6.14. The van der Waals surface area contributed by atoms with Gasteiger partial charge in [0.25, 0.3) is 0 Å². The zero-order chi connectivity index (χ0) is 23.9. The van der Waals surface area contributed by atoms with E-state index in [1.165, 1.54) is 0 Å². The van der Waals surface area contributed by atoms with Gasteiger partial charge in [0.05, 0.1) is 12.0 Å². The van der Waals surface area contributed by atoms with Crippen LogP contribution < -0.4 is 16.4 Å². The average molecular weight is 453 g/mol. The van der Waals surface area contributed by atoms with E-state index >= 15 is 0 Å². The Bertz CT molecular complexity index is 1080. The molecule has 33 heavy (non-hydrogen) atoms. The van der Waals surface area contributed by atoms with E-state index in [2.05, 4.69) is 45.9 Å². The predicted molar refractivity (Wildman–Crippen MR) is 125 cm³/mol. The van der Waals surface area contributed by atoms with Crippen LogP contribution in [0.2, 0.25) is 0 Å². The number of carbonyl (C=O) groups is 3. The number of nitrogens with one attached hydrogen (secondary N) is 2. The molecule has 2 aliphatic rings. The van der Waals surface area contributed by atoms with Gasteiger partial charge in [-0.2, -0.15) is 0 Å². The van der Waals surface area contributed by atoms with Crippen LogP contribution in [0, 0.1) is 11.8 Å². The Morgan fingerprint density at radius 1 is 1.18 bits per heavy atom. The molecule has 176 valence electrons. The molecule has 2 unspecified atom stereocenters. The number of piperidine rings is 1. The number of carbonyl (C=O) groups excluding carboxylic acids is 3. The first kappa shape index (κ1) is 23.0. The van der Waals surface area contributed by atoms with Crippen LogP contribution in [0.15, 0.2) is 42.5 Å². The smallest absolute Gasteiger partial charge is 0.408 e. The molecule has 0 saturated carbocycles. The molecule has 2 aromatic rings. The molecule has 5 atom stereocenters. The molecule has 0 aliphatic carbocycles. The van der Waals surface area contributed by atoms with Crippen LogP contribution in [0.5, 0.6) is 0 Å². The molecule has 2 saturated heterocycles. The highest BCUT2D eigenvalue weighted by Gasteiger charge is 2.53. The van der Waals surface area contributed by atoms with E-state index in [1.807, 2.05) is 19.1 Å². The minimum atomic E-state index is -0.771. The van der Waals surface area contributed by atoms with Crippen LogP contribution >= 0.6 is 0 Å². The summed E-state index contributed by atoms with van der Waals surface area (Å²) in [6, 6.07) is 13.1. The van der Waals surface area contributed by atoms with Gasteiger partial charge in [0, 0.05) is 25.0 Å². The van der Waals surface area contributed by atoms with Crippen molar-refractivity contribution in [1.82, 2.24) is 15.5 Å². The van der Waals surface area contributed by atoms with Crippen LogP contribution in [0.25, 0.3) is 10.8 Å². The first-order valence-electron chi connectivity index (χ1n) is 11.3. The molecule has 8 heteroatoms. The number of hydrogen-bond acceptors (Lipinski definition) is 5. The SMILES string of the molecule is CC1C2[C@H](NC(=O)[C@H]1NC(=O)OC(C)(C)C)[C@H](C(N)=O)CN2Cc1ccc2ccccc2c1. The summed E-state index contributed by atoms with van der Waals surface area (Å²) < 4.78 is 5.35. The lowest BCUT2D eigenvalue weighted by atomic mass is 9.81. The molecular formula is C25H32N4O4. The summed E-state index contributed by atoms with van der Waals surface area (Å²) in [5.74, 6) is -1.50. The van der Waals surface area contributed by atoms with Gasteiger partial charge in [-0.3, -0.25) is 14.5 Å². The topological polar surface area (TPSA) is 114 Å². The van der Waals surface area contributed by atoms with Gasteiger partial charge in [0.1, 0.15) is 11.6 Å². The van der Waals surface area contributed by atoms with E-state index in [0.29, 0.717) is 13.1 Å². The maximum absolute atomic E-state index is 12.9. The second-order valence-corrected chi connectivity index (χ2v) is 10.1. The molecule has 2 aliphatic heterocycles.